The number of nitrogens with zero attached hydrogens (tertiary/aromatic N) is 1. The summed E-state index contributed by atoms with van der Waals surface area (Å²) < 4.78 is 0. The van der Waals surface area contributed by atoms with E-state index in [0.717, 1.165) is 18.4 Å². The van der Waals surface area contributed by atoms with Gasteiger partial charge in [0.15, 0.2) is 0 Å². The molecular weight excluding hydrogens is 276 g/mol. The van der Waals surface area contributed by atoms with E-state index < -0.39 is 5.97 Å². The highest BCUT2D eigenvalue weighted by Crippen LogP contribution is 2.28. The van der Waals surface area contributed by atoms with Crippen molar-refractivity contribution in [3.05, 3.63) is 22.4 Å². The highest BCUT2D eigenvalue weighted by atomic mass is 32.1. The van der Waals surface area contributed by atoms with E-state index in [2.05, 4.69) is 5.32 Å². The van der Waals surface area contributed by atoms with Crippen LogP contribution in [0.25, 0.3) is 0 Å². The normalized spacial score (nSPS) is 15.7. The molecule has 1 unspecified atom stereocenters. The maximum atomic E-state index is 12.3. The summed E-state index contributed by atoms with van der Waals surface area (Å²) in [6.45, 7) is 2.48. The molecule has 2 rings (SSSR count). The summed E-state index contributed by atoms with van der Waals surface area (Å²) in [6, 6.07) is 1.87. The van der Waals surface area contributed by atoms with Crippen LogP contribution in [0.2, 0.25) is 0 Å². The van der Waals surface area contributed by atoms with Crippen molar-refractivity contribution in [1.82, 2.24) is 10.2 Å². The number of carbonyl (C=O) groups is 2. The van der Waals surface area contributed by atoms with Gasteiger partial charge in [0.2, 0.25) is 0 Å². The number of aliphatic carboxylic acids is 1. The maximum absolute atomic E-state index is 12.3. The van der Waals surface area contributed by atoms with Crippen molar-refractivity contribution < 1.29 is 14.7 Å². The summed E-state index contributed by atoms with van der Waals surface area (Å²) in [6.07, 6.45) is 2.66. The van der Waals surface area contributed by atoms with Gasteiger partial charge in [0.1, 0.15) is 0 Å². The molecule has 6 heteroatoms. The molecule has 1 heterocycles. The number of carboxylic acid groups (broad SMARTS) is 1. The summed E-state index contributed by atoms with van der Waals surface area (Å²) in [7, 11) is 0. The van der Waals surface area contributed by atoms with Crippen LogP contribution in [-0.2, 0) is 11.3 Å². The van der Waals surface area contributed by atoms with Crippen molar-refractivity contribution in [3.8, 4) is 0 Å². The first-order chi connectivity index (χ1) is 9.60. The molecule has 20 heavy (non-hydrogen) atoms. The monoisotopic (exact) mass is 296 g/mol. The third-order valence-corrected chi connectivity index (χ3v) is 4.15. The van der Waals surface area contributed by atoms with Crippen LogP contribution in [0.1, 0.15) is 38.2 Å². The smallest absolute Gasteiger partial charge is 0.318 e. The van der Waals surface area contributed by atoms with Crippen LogP contribution in [0, 0.1) is 0 Å². The van der Waals surface area contributed by atoms with Crippen LogP contribution in [-0.4, -0.2) is 34.1 Å². The fourth-order valence-corrected chi connectivity index (χ4v) is 2.76. The zero-order valence-electron chi connectivity index (χ0n) is 11.5. The minimum absolute atomic E-state index is 0.0286. The van der Waals surface area contributed by atoms with Gasteiger partial charge in [-0.2, -0.15) is 11.3 Å². The van der Waals surface area contributed by atoms with Crippen LogP contribution in [0.5, 0.6) is 0 Å². The van der Waals surface area contributed by atoms with Crippen molar-refractivity contribution in [2.75, 3.05) is 0 Å². The topological polar surface area (TPSA) is 69.6 Å². The number of hydrogen-bond acceptors (Lipinski definition) is 3. The zero-order chi connectivity index (χ0) is 14.5. The Bertz CT molecular complexity index is 457. The average molecular weight is 296 g/mol. The van der Waals surface area contributed by atoms with E-state index in [-0.39, 0.29) is 18.5 Å². The van der Waals surface area contributed by atoms with E-state index in [1.807, 2.05) is 28.7 Å². The molecule has 1 aliphatic carbocycles. The number of nitrogens with one attached hydrogen (secondary N) is 1. The lowest BCUT2D eigenvalue weighted by Gasteiger charge is -2.25. The van der Waals surface area contributed by atoms with Gasteiger partial charge >= 0.3 is 12.0 Å². The van der Waals surface area contributed by atoms with E-state index in [4.69, 9.17) is 5.11 Å². The highest BCUT2D eigenvalue weighted by Gasteiger charge is 2.33. The number of carbonyl (C=O) groups excluding carboxylic acids is 1. The van der Waals surface area contributed by atoms with Crippen LogP contribution >= 0.6 is 11.3 Å². The van der Waals surface area contributed by atoms with Crippen molar-refractivity contribution in [3.63, 3.8) is 0 Å². The molecule has 0 spiro atoms. The Morgan fingerprint density at radius 3 is 2.80 bits per heavy atom. The van der Waals surface area contributed by atoms with Gasteiger partial charge in [-0.25, -0.2) is 4.79 Å². The van der Waals surface area contributed by atoms with Crippen molar-refractivity contribution in [2.24, 2.45) is 0 Å². The summed E-state index contributed by atoms with van der Waals surface area (Å²) in [5, 5.41) is 15.7. The first-order valence-electron chi connectivity index (χ1n) is 6.90. The second-order valence-corrected chi connectivity index (χ2v) is 5.92. The first kappa shape index (κ1) is 14.8. The Morgan fingerprint density at radius 1 is 1.55 bits per heavy atom. The molecule has 1 atom stereocenters. The van der Waals surface area contributed by atoms with Crippen LogP contribution < -0.4 is 5.32 Å². The lowest BCUT2D eigenvalue weighted by atomic mass is 10.1. The van der Waals surface area contributed by atoms with Gasteiger partial charge in [0.25, 0.3) is 0 Å². The van der Waals surface area contributed by atoms with Gasteiger partial charge in [-0.15, -0.1) is 0 Å². The van der Waals surface area contributed by atoms with Gasteiger partial charge in [-0.3, -0.25) is 4.79 Å². The minimum Gasteiger partial charge on any atom is -0.481 e. The van der Waals surface area contributed by atoms with Gasteiger partial charge in [-0.05, 0) is 41.7 Å². The van der Waals surface area contributed by atoms with E-state index in [1.165, 1.54) is 0 Å². The van der Waals surface area contributed by atoms with Crippen molar-refractivity contribution in [1.29, 1.82) is 0 Å². The molecule has 1 saturated carbocycles. The molecule has 0 saturated heterocycles. The molecule has 1 aromatic heterocycles. The number of hydrogen-bond donors (Lipinski definition) is 2. The van der Waals surface area contributed by atoms with Crippen LogP contribution in [0.3, 0.4) is 0 Å². The fraction of sp³-hybridized carbons (Fsp3) is 0.571. The molecule has 0 bridgehead atoms. The van der Waals surface area contributed by atoms with Gasteiger partial charge in [0, 0.05) is 18.6 Å². The Kier molecular flexibility index (Phi) is 5.00. The zero-order valence-corrected chi connectivity index (χ0v) is 12.4. The molecular formula is C14H20N2O3S. The number of thiophene rings is 1. The van der Waals surface area contributed by atoms with Gasteiger partial charge in [0.05, 0.1) is 6.42 Å². The number of amides is 2. The highest BCUT2D eigenvalue weighted by molar-refractivity contribution is 7.07. The van der Waals surface area contributed by atoms with E-state index in [9.17, 15) is 9.59 Å². The fourth-order valence-electron chi connectivity index (χ4n) is 2.10. The van der Waals surface area contributed by atoms with Crippen molar-refractivity contribution in [2.45, 2.75) is 51.2 Å². The Morgan fingerprint density at radius 2 is 2.30 bits per heavy atom. The maximum Gasteiger partial charge on any atom is 0.318 e. The summed E-state index contributed by atoms with van der Waals surface area (Å²) in [5.41, 5.74) is 1.13. The minimum atomic E-state index is -0.882. The molecule has 110 valence electrons. The molecule has 5 nitrogen and oxygen atoms in total. The lowest BCUT2D eigenvalue weighted by Crippen LogP contribution is -2.46. The van der Waals surface area contributed by atoms with E-state index in [0.29, 0.717) is 19.0 Å². The predicted molar refractivity (Wildman–Crippen MR) is 77.7 cm³/mol. The summed E-state index contributed by atoms with van der Waals surface area (Å²) >= 11 is 1.62. The second kappa shape index (κ2) is 6.74. The van der Waals surface area contributed by atoms with E-state index >= 15 is 0 Å². The lowest BCUT2D eigenvalue weighted by molar-refractivity contribution is -0.137. The number of rotatable bonds is 7. The Balaban J connectivity index is 1.94. The average Bonchev–Trinajstić information content (AvgIpc) is 3.11. The molecule has 1 aliphatic rings. The van der Waals surface area contributed by atoms with Crippen LogP contribution in [0.4, 0.5) is 4.79 Å². The molecule has 2 N–H and O–H groups in total. The second-order valence-electron chi connectivity index (χ2n) is 5.14. The third-order valence-electron chi connectivity index (χ3n) is 3.42. The first-order valence-corrected chi connectivity index (χ1v) is 7.84. The Hall–Kier alpha value is -1.56. The Labute approximate surface area is 122 Å². The molecule has 1 aromatic rings. The summed E-state index contributed by atoms with van der Waals surface area (Å²) in [4.78, 5) is 24.9. The van der Waals surface area contributed by atoms with E-state index in [1.54, 1.807) is 11.3 Å². The number of carboxylic acids is 1. The third kappa shape index (κ3) is 4.23. The summed E-state index contributed by atoms with van der Waals surface area (Å²) in [5.74, 6) is -0.882. The SMILES string of the molecule is CCC(CC(=O)O)NC(=O)N(Cc1ccsc1)C1CC1. The van der Waals surface area contributed by atoms with Crippen molar-refractivity contribution >= 4 is 23.3 Å². The number of urea groups is 1. The predicted octanol–water partition coefficient (Wildman–Crippen LogP) is 2.68. The largest absolute Gasteiger partial charge is 0.481 e. The standard InChI is InChI=1S/C14H20N2O3S/c1-2-11(7-13(17)18)15-14(19)16(12-3-4-12)8-10-5-6-20-9-10/h5-6,9,11-12H,2-4,7-8H2,1H3,(H,15,19)(H,17,18). The van der Waals surface area contributed by atoms with Gasteiger partial charge in [-0.1, -0.05) is 6.92 Å². The quantitative estimate of drug-likeness (QED) is 0.812. The van der Waals surface area contributed by atoms with Gasteiger partial charge < -0.3 is 15.3 Å². The molecule has 0 aromatic carbocycles. The van der Waals surface area contributed by atoms with Crippen LogP contribution in [0.15, 0.2) is 16.8 Å². The molecule has 2 amide bonds. The molecule has 0 radical (unpaired) electrons. The molecule has 1 fully saturated rings. The molecule has 0 aliphatic heterocycles.